The van der Waals surface area contributed by atoms with Gasteiger partial charge in [0, 0.05) is 31.0 Å². The number of benzene rings is 1. The van der Waals surface area contributed by atoms with Crippen molar-refractivity contribution in [2.75, 3.05) is 6.54 Å². The number of nitrogens with zero attached hydrogens (tertiary/aromatic N) is 2. The third-order valence-corrected chi connectivity index (χ3v) is 4.14. The standard InChI is InChI=1S/C20H23FN2O2/c1-3-4-5-18(21)10-11-20(25)23-13-12-19(22-23)15(2)17-8-6-16(14-24)7-9-17/h3-10,15,24H,1,11-14H2,2H3/b5-4-,18-10+/t15-/m1/s1. The van der Waals surface area contributed by atoms with Gasteiger partial charge in [-0.2, -0.15) is 5.10 Å². The SMILES string of the molecule is C=C/C=C\C(F)=C/CC(=O)N1CCC([C@H](C)c2ccc(CO)cc2)=N1. The van der Waals surface area contributed by atoms with Crippen molar-refractivity contribution >= 4 is 11.6 Å². The summed E-state index contributed by atoms with van der Waals surface area (Å²) in [7, 11) is 0. The molecule has 0 radical (unpaired) electrons. The van der Waals surface area contributed by atoms with Crippen molar-refractivity contribution in [3.8, 4) is 0 Å². The van der Waals surface area contributed by atoms with E-state index in [2.05, 4.69) is 11.7 Å². The lowest BCUT2D eigenvalue weighted by atomic mass is 9.94. The topological polar surface area (TPSA) is 52.9 Å². The normalized spacial score (nSPS) is 16.2. The van der Waals surface area contributed by atoms with Crippen molar-refractivity contribution < 1.29 is 14.3 Å². The molecule has 0 unspecified atom stereocenters. The third kappa shape index (κ3) is 5.22. The van der Waals surface area contributed by atoms with E-state index in [0.29, 0.717) is 13.0 Å². The van der Waals surface area contributed by atoms with Gasteiger partial charge >= 0.3 is 0 Å². The molecule has 4 nitrogen and oxygen atoms in total. The highest BCUT2D eigenvalue weighted by molar-refractivity contribution is 5.94. The molecule has 1 atom stereocenters. The molecular formula is C20H23FN2O2. The number of allylic oxidation sites excluding steroid dienone is 4. The highest BCUT2D eigenvalue weighted by Crippen LogP contribution is 2.23. The quantitative estimate of drug-likeness (QED) is 0.765. The van der Waals surface area contributed by atoms with Crippen LogP contribution in [-0.4, -0.2) is 28.3 Å². The summed E-state index contributed by atoms with van der Waals surface area (Å²) in [6.07, 6.45) is 6.14. The summed E-state index contributed by atoms with van der Waals surface area (Å²) >= 11 is 0. The molecule has 25 heavy (non-hydrogen) atoms. The second-order valence-electron chi connectivity index (χ2n) is 5.87. The lowest BCUT2D eigenvalue weighted by molar-refractivity contribution is -0.129. The smallest absolute Gasteiger partial charge is 0.246 e. The number of carbonyl (C=O) groups is 1. The Morgan fingerprint density at radius 1 is 1.44 bits per heavy atom. The molecule has 1 amide bonds. The molecule has 0 saturated heterocycles. The Balaban J connectivity index is 1.99. The average Bonchev–Trinajstić information content (AvgIpc) is 3.14. The first-order chi connectivity index (χ1) is 12.0. The van der Waals surface area contributed by atoms with Gasteiger partial charge in [0.2, 0.25) is 5.91 Å². The second kappa shape index (κ2) is 9.08. The number of hydrogen-bond acceptors (Lipinski definition) is 3. The Bertz CT molecular complexity index is 705. The molecule has 0 aliphatic carbocycles. The Labute approximate surface area is 147 Å². The third-order valence-electron chi connectivity index (χ3n) is 4.14. The van der Waals surface area contributed by atoms with Crippen LogP contribution >= 0.6 is 0 Å². The molecule has 1 N–H and O–H groups in total. The summed E-state index contributed by atoms with van der Waals surface area (Å²) < 4.78 is 13.4. The zero-order chi connectivity index (χ0) is 18.2. The van der Waals surface area contributed by atoms with Crippen molar-refractivity contribution in [3.63, 3.8) is 0 Å². The van der Waals surface area contributed by atoms with Gasteiger partial charge in [0.15, 0.2) is 0 Å². The number of aliphatic hydroxyl groups is 1. The number of aliphatic hydroxyl groups excluding tert-OH is 1. The zero-order valence-electron chi connectivity index (χ0n) is 14.4. The van der Waals surface area contributed by atoms with Gasteiger partial charge in [0.25, 0.3) is 0 Å². The average molecular weight is 342 g/mol. The number of hydrazone groups is 1. The van der Waals surface area contributed by atoms with Crippen molar-refractivity contribution in [2.24, 2.45) is 5.10 Å². The molecule has 1 aliphatic rings. The van der Waals surface area contributed by atoms with E-state index in [1.165, 1.54) is 29.3 Å². The minimum absolute atomic E-state index is 0.0178. The van der Waals surface area contributed by atoms with Gasteiger partial charge in [-0.25, -0.2) is 9.40 Å². The molecule has 5 heteroatoms. The maximum absolute atomic E-state index is 13.4. The number of rotatable bonds is 7. The summed E-state index contributed by atoms with van der Waals surface area (Å²) in [5.74, 6) is -0.595. The molecule has 1 aromatic carbocycles. The van der Waals surface area contributed by atoms with Crippen LogP contribution in [0, 0.1) is 0 Å². The molecule has 1 aliphatic heterocycles. The summed E-state index contributed by atoms with van der Waals surface area (Å²) in [5.41, 5.74) is 2.88. The van der Waals surface area contributed by atoms with Crippen molar-refractivity contribution in [1.82, 2.24) is 5.01 Å². The fourth-order valence-electron chi connectivity index (χ4n) is 2.58. The minimum Gasteiger partial charge on any atom is -0.392 e. The van der Waals surface area contributed by atoms with E-state index in [9.17, 15) is 9.18 Å². The van der Waals surface area contributed by atoms with E-state index in [1.807, 2.05) is 31.2 Å². The first-order valence-corrected chi connectivity index (χ1v) is 8.27. The molecule has 0 bridgehead atoms. The van der Waals surface area contributed by atoms with Crippen LogP contribution in [-0.2, 0) is 11.4 Å². The Kier molecular flexibility index (Phi) is 6.83. The van der Waals surface area contributed by atoms with Gasteiger partial charge in [0.1, 0.15) is 5.83 Å². The zero-order valence-corrected chi connectivity index (χ0v) is 14.4. The number of carbonyl (C=O) groups excluding carboxylic acids is 1. The fraction of sp³-hybridized carbons (Fsp3) is 0.300. The maximum atomic E-state index is 13.4. The largest absolute Gasteiger partial charge is 0.392 e. The lowest BCUT2D eigenvalue weighted by Crippen LogP contribution is -2.22. The van der Waals surface area contributed by atoms with E-state index in [0.717, 1.165) is 16.8 Å². The molecular weight excluding hydrogens is 319 g/mol. The number of hydrogen-bond donors (Lipinski definition) is 1. The van der Waals surface area contributed by atoms with E-state index in [1.54, 1.807) is 0 Å². The Morgan fingerprint density at radius 2 is 2.16 bits per heavy atom. The van der Waals surface area contributed by atoms with Gasteiger partial charge in [-0.15, -0.1) is 0 Å². The molecule has 0 spiro atoms. The van der Waals surface area contributed by atoms with E-state index >= 15 is 0 Å². The van der Waals surface area contributed by atoms with Gasteiger partial charge < -0.3 is 5.11 Å². The predicted molar refractivity (Wildman–Crippen MR) is 97.7 cm³/mol. The molecule has 0 fully saturated rings. The number of amides is 1. The van der Waals surface area contributed by atoms with E-state index in [4.69, 9.17) is 5.11 Å². The summed E-state index contributed by atoms with van der Waals surface area (Å²) in [6, 6.07) is 7.70. The fourth-order valence-corrected chi connectivity index (χ4v) is 2.58. The van der Waals surface area contributed by atoms with Crippen LogP contribution in [0.15, 0.2) is 66.1 Å². The summed E-state index contributed by atoms with van der Waals surface area (Å²) in [5, 5.41) is 14.9. The van der Waals surface area contributed by atoms with Crippen LogP contribution in [0.25, 0.3) is 0 Å². The second-order valence-corrected chi connectivity index (χ2v) is 5.87. The predicted octanol–water partition coefficient (Wildman–Crippen LogP) is 3.86. The van der Waals surface area contributed by atoms with Crippen LogP contribution in [0.1, 0.15) is 36.8 Å². The molecule has 2 rings (SSSR count). The van der Waals surface area contributed by atoms with Crippen molar-refractivity contribution in [2.45, 2.75) is 32.3 Å². The number of halogens is 1. The van der Waals surface area contributed by atoms with Gasteiger partial charge in [-0.1, -0.05) is 49.9 Å². The first-order valence-electron chi connectivity index (χ1n) is 8.27. The molecule has 1 aromatic rings. The monoisotopic (exact) mass is 342 g/mol. The van der Waals surface area contributed by atoms with E-state index < -0.39 is 5.83 Å². The van der Waals surface area contributed by atoms with Crippen molar-refractivity contribution in [1.29, 1.82) is 0 Å². The molecule has 132 valence electrons. The summed E-state index contributed by atoms with van der Waals surface area (Å²) in [4.78, 5) is 12.1. The van der Waals surface area contributed by atoms with Crippen LogP contribution in [0.4, 0.5) is 4.39 Å². The molecule has 0 aromatic heterocycles. The van der Waals surface area contributed by atoms with Gasteiger partial charge in [-0.05, 0) is 23.3 Å². The highest BCUT2D eigenvalue weighted by atomic mass is 19.1. The van der Waals surface area contributed by atoms with Crippen LogP contribution < -0.4 is 0 Å². The van der Waals surface area contributed by atoms with Crippen LogP contribution in [0.5, 0.6) is 0 Å². The lowest BCUT2D eigenvalue weighted by Gasteiger charge is -2.12. The van der Waals surface area contributed by atoms with Gasteiger partial charge in [-0.3, -0.25) is 4.79 Å². The maximum Gasteiger partial charge on any atom is 0.246 e. The highest BCUT2D eigenvalue weighted by Gasteiger charge is 2.24. The van der Waals surface area contributed by atoms with E-state index in [-0.39, 0.29) is 24.9 Å². The Morgan fingerprint density at radius 3 is 2.80 bits per heavy atom. The first kappa shape index (κ1) is 18.8. The Hall–Kier alpha value is -2.53. The summed E-state index contributed by atoms with van der Waals surface area (Å²) in [6.45, 7) is 6.04. The molecule has 0 saturated carbocycles. The minimum atomic E-state index is -0.464. The van der Waals surface area contributed by atoms with Crippen molar-refractivity contribution in [3.05, 3.63) is 72.1 Å². The van der Waals surface area contributed by atoms with Gasteiger partial charge in [0.05, 0.1) is 6.61 Å². The van der Waals surface area contributed by atoms with Crippen LogP contribution in [0.3, 0.4) is 0 Å². The molecule has 1 heterocycles. The van der Waals surface area contributed by atoms with Crippen LogP contribution in [0.2, 0.25) is 0 Å².